The summed E-state index contributed by atoms with van der Waals surface area (Å²) in [6.07, 6.45) is 2.76. The standard InChI is InChI=1S/C20H32F2N4O/c1-15(2)27-14-13-26-11-8-17(9-12-26)25-20(23-3)24-10-7-16-5-4-6-18(21)19(16)22/h4-6,15,17H,7-14H2,1-3H3,(H2,23,24,25). The van der Waals surface area contributed by atoms with Gasteiger partial charge in [-0.05, 0) is 44.7 Å². The van der Waals surface area contributed by atoms with Crippen LogP contribution in [0, 0.1) is 11.6 Å². The number of likely N-dealkylation sites (tertiary alicyclic amines) is 1. The summed E-state index contributed by atoms with van der Waals surface area (Å²) in [4.78, 5) is 6.65. The first-order chi connectivity index (χ1) is 13.0. The van der Waals surface area contributed by atoms with Gasteiger partial charge in [0.1, 0.15) is 0 Å². The predicted octanol–water partition coefficient (Wildman–Crippen LogP) is 2.56. The van der Waals surface area contributed by atoms with Crippen LogP contribution >= 0.6 is 0 Å². The van der Waals surface area contributed by atoms with Crippen molar-refractivity contribution in [2.75, 3.05) is 39.8 Å². The van der Waals surface area contributed by atoms with E-state index in [9.17, 15) is 8.78 Å². The van der Waals surface area contributed by atoms with Gasteiger partial charge in [-0.3, -0.25) is 4.99 Å². The van der Waals surface area contributed by atoms with E-state index in [-0.39, 0.29) is 6.10 Å². The summed E-state index contributed by atoms with van der Waals surface area (Å²) in [5.41, 5.74) is 0.370. The Bertz CT molecular complexity index is 602. The topological polar surface area (TPSA) is 48.9 Å². The number of piperidine rings is 1. The van der Waals surface area contributed by atoms with Gasteiger partial charge in [-0.15, -0.1) is 0 Å². The Morgan fingerprint density at radius 2 is 2.04 bits per heavy atom. The molecule has 1 aliphatic rings. The number of rotatable bonds is 8. The van der Waals surface area contributed by atoms with Crippen LogP contribution in [-0.2, 0) is 11.2 Å². The van der Waals surface area contributed by atoms with Crippen molar-refractivity contribution >= 4 is 5.96 Å². The zero-order valence-corrected chi connectivity index (χ0v) is 16.6. The third-order valence-electron chi connectivity index (χ3n) is 4.73. The Kier molecular flexibility index (Phi) is 8.94. The molecule has 5 nitrogen and oxygen atoms in total. The average molecular weight is 382 g/mol. The molecule has 0 radical (unpaired) electrons. The van der Waals surface area contributed by atoms with E-state index < -0.39 is 11.6 Å². The third-order valence-corrected chi connectivity index (χ3v) is 4.73. The molecule has 2 N–H and O–H groups in total. The van der Waals surface area contributed by atoms with Gasteiger partial charge in [0, 0.05) is 39.3 Å². The molecule has 0 aromatic heterocycles. The van der Waals surface area contributed by atoms with Crippen molar-refractivity contribution in [3.63, 3.8) is 0 Å². The number of halogens is 2. The lowest BCUT2D eigenvalue weighted by Crippen LogP contribution is -2.49. The summed E-state index contributed by atoms with van der Waals surface area (Å²) in [5.74, 6) is -0.870. The minimum Gasteiger partial charge on any atom is -0.377 e. The minimum absolute atomic E-state index is 0.277. The van der Waals surface area contributed by atoms with Crippen LogP contribution in [0.2, 0.25) is 0 Å². The van der Waals surface area contributed by atoms with Gasteiger partial charge in [0.05, 0.1) is 12.7 Å². The van der Waals surface area contributed by atoms with Gasteiger partial charge in [-0.25, -0.2) is 8.78 Å². The molecule has 0 aliphatic carbocycles. The fraction of sp³-hybridized carbons (Fsp3) is 0.650. The summed E-state index contributed by atoms with van der Waals surface area (Å²) in [7, 11) is 1.72. The molecule has 0 amide bonds. The maximum atomic E-state index is 13.7. The van der Waals surface area contributed by atoms with E-state index in [2.05, 4.69) is 34.4 Å². The molecule has 0 spiro atoms. The smallest absolute Gasteiger partial charge is 0.191 e. The lowest BCUT2D eigenvalue weighted by atomic mass is 10.1. The highest BCUT2D eigenvalue weighted by Crippen LogP contribution is 2.12. The molecule has 0 bridgehead atoms. The molecule has 1 saturated heterocycles. The molecule has 1 fully saturated rings. The van der Waals surface area contributed by atoms with E-state index >= 15 is 0 Å². The highest BCUT2D eigenvalue weighted by Gasteiger charge is 2.19. The molecular formula is C20H32F2N4O. The second-order valence-electron chi connectivity index (χ2n) is 7.14. The molecule has 1 heterocycles. The number of guanidine groups is 1. The number of ether oxygens (including phenoxy) is 1. The fourth-order valence-corrected chi connectivity index (χ4v) is 3.16. The van der Waals surface area contributed by atoms with Gasteiger partial charge in [0.2, 0.25) is 0 Å². The maximum Gasteiger partial charge on any atom is 0.191 e. The number of benzene rings is 1. The van der Waals surface area contributed by atoms with Crippen molar-refractivity contribution in [2.45, 2.75) is 45.3 Å². The Morgan fingerprint density at radius 3 is 2.70 bits per heavy atom. The molecule has 7 heteroatoms. The molecule has 1 aromatic rings. The summed E-state index contributed by atoms with van der Waals surface area (Å²) < 4.78 is 32.5. The number of aliphatic imine (C=N–C) groups is 1. The second kappa shape index (κ2) is 11.2. The van der Waals surface area contributed by atoms with E-state index in [0.29, 0.717) is 30.5 Å². The van der Waals surface area contributed by atoms with Gasteiger partial charge < -0.3 is 20.3 Å². The maximum absolute atomic E-state index is 13.7. The van der Waals surface area contributed by atoms with Gasteiger partial charge in [0.15, 0.2) is 17.6 Å². The van der Waals surface area contributed by atoms with Crippen molar-refractivity contribution < 1.29 is 13.5 Å². The minimum atomic E-state index is -0.805. The highest BCUT2D eigenvalue weighted by atomic mass is 19.2. The highest BCUT2D eigenvalue weighted by molar-refractivity contribution is 5.79. The van der Waals surface area contributed by atoms with Gasteiger partial charge >= 0.3 is 0 Å². The van der Waals surface area contributed by atoms with Crippen LogP contribution in [0.1, 0.15) is 32.3 Å². The Labute approximate surface area is 161 Å². The van der Waals surface area contributed by atoms with E-state index in [1.807, 2.05) is 0 Å². The Hall–Kier alpha value is -1.73. The monoisotopic (exact) mass is 382 g/mol. The quantitative estimate of drug-likeness (QED) is 0.536. The molecule has 2 rings (SSSR count). The van der Waals surface area contributed by atoms with Crippen LogP contribution in [0.3, 0.4) is 0 Å². The van der Waals surface area contributed by atoms with E-state index in [1.54, 1.807) is 13.1 Å². The number of hydrogen-bond donors (Lipinski definition) is 2. The summed E-state index contributed by atoms with van der Waals surface area (Å²) >= 11 is 0. The van der Waals surface area contributed by atoms with Crippen molar-refractivity contribution in [3.8, 4) is 0 Å². The van der Waals surface area contributed by atoms with E-state index in [4.69, 9.17) is 4.74 Å². The SMILES string of the molecule is CN=C(NCCc1cccc(F)c1F)NC1CCN(CCOC(C)C)CC1. The number of hydrogen-bond acceptors (Lipinski definition) is 3. The van der Waals surface area contributed by atoms with Crippen molar-refractivity contribution in [3.05, 3.63) is 35.4 Å². The third kappa shape index (κ3) is 7.42. The molecule has 0 atom stereocenters. The van der Waals surface area contributed by atoms with Gasteiger partial charge in [-0.1, -0.05) is 12.1 Å². The van der Waals surface area contributed by atoms with E-state index in [0.717, 1.165) is 45.1 Å². The molecule has 1 aromatic carbocycles. The van der Waals surface area contributed by atoms with Crippen molar-refractivity contribution in [2.24, 2.45) is 4.99 Å². The average Bonchev–Trinajstić information content (AvgIpc) is 2.65. The molecule has 1 aliphatic heterocycles. The predicted molar refractivity (Wildman–Crippen MR) is 105 cm³/mol. The van der Waals surface area contributed by atoms with Crippen LogP contribution in [-0.4, -0.2) is 62.8 Å². The van der Waals surface area contributed by atoms with Crippen LogP contribution in [0.25, 0.3) is 0 Å². The molecule has 152 valence electrons. The first-order valence-electron chi connectivity index (χ1n) is 9.73. The Balaban J connectivity index is 1.68. The van der Waals surface area contributed by atoms with Crippen LogP contribution in [0.5, 0.6) is 0 Å². The fourth-order valence-electron chi connectivity index (χ4n) is 3.16. The summed E-state index contributed by atoms with van der Waals surface area (Å²) in [6, 6.07) is 4.63. The summed E-state index contributed by atoms with van der Waals surface area (Å²) in [5, 5.41) is 6.61. The van der Waals surface area contributed by atoms with Crippen LogP contribution < -0.4 is 10.6 Å². The first-order valence-corrected chi connectivity index (χ1v) is 9.73. The van der Waals surface area contributed by atoms with E-state index in [1.165, 1.54) is 6.07 Å². The van der Waals surface area contributed by atoms with Crippen molar-refractivity contribution in [1.29, 1.82) is 0 Å². The number of nitrogens with one attached hydrogen (secondary N) is 2. The van der Waals surface area contributed by atoms with Gasteiger partial charge in [-0.2, -0.15) is 0 Å². The second-order valence-corrected chi connectivity index (χ2v) is 7.14. The van der Waals surface area contributed by atoms with Gasteiger partial charge in [0.25, 0.3) is 0 Å². The lowest BCUT2D eigenvalue weighted by molar-refractivity contribution is 0.0532. The largest absolute Gasteiger partial charge is 0.377 e. The number of nitrogens with zero attached hydrogens (tertiary/aromatic N) is 2. The van der Waals surface area contributed by atoms with Crippen LogP contribution in [0.15, 0.2) is 23.2 Å². The van der Waals surface area contributed by atoms with Crippen LogP contribution in [0.4, 0.5) is 8.78 Å². The summed E-state index contributed by atoms with van der Waals surface area (Å²) in [6.45, 7) is 8.41. The molecule has 27 heavy (non-hydrogen) atoms. The Morgan fingerprint density at radius 1 is 1.30 bits per heavy atom. The van der Waals surface area contributed by atoms with Crippen molar-refractivity contribution in [1.82, 2.24) is 15.5 Å². The normalized spacial score (nSPS) is 16.7. The zero-order valence-electron chi connectivity index (χ0n) is 16.6. The molecule has 0 unspecified atom stereocenters. The zero-order chi connectivity index (χ0) is 19.6. The molecule has 0 saturated carbocycles. The first kappa shape index (κ1) is 21.6. The lowest BCUT2D eigenvalue weighted by Gasteiger charge is -2.33. The molecular weight excluding hydrogens is 350 g/mol.